The van der Waals surface area contributed by atoms with Crippen molar-refractivity contribution in [1.29, 1.82) is 0 Å². The number of fused-ring (bicyclic) bond motifs is 1. The number of halogens is 3. The molecule has 4 aromatic rings. The molecular weight excluding hydrogens is 581 g/mol. The van der Waals surface area contributed by atoms with Gasteiger partial charge in [-0.25, -0.2) is 9.97 Å². The highest BCUT2D eigenvalue weighted by Gasteiger charge is 2.31. The van der Waals surface area contributed by atoms with E-state index in [0.29, 0.717) is 35.4 Å². The molecule has 5 rings (SSSR count). The van der Waals surface area contributed by atoms with Crippen LogP contribution in [0, 0.1) is 0 Å². The quantitative estimate of drug-likeness (QED) is 0.119. The van der Waals surface area contributed by atoms with Crippen LogP contribution in [0.5, 0.6) is 0 Å². The number of nitrogens with zero attached hydrogens (tertiary/aromatic N) is 4. The van der Waals surface area contributed by atoms with E-state index in [2.05, 4.69) is 32.4 Å². The minimum absolute atomic E-state index is 0.292. The third-order valence-corrected chi connectivity index (χ3v) is 7.62. The van der Waals surface area contributed by atoms with Crippen molar-refractivity contribution in [2.75, 3.05) is 17.2 Å². The van der Waals surface area contributed by atoms with Crippen LogP contribution in [0.4, 0.5) is 24.8 Å². The lowest BCUT2D eigenvalue weighted by atomic mass is 9.94. The number of hydrogen-bond donors (Lipinski definition) is 3. The van der Waals surface area contributed by atoms with Crippen molar-refractivity contribution in [3.8, 4) is 11.1 Å². The van der Waals surface area contributed by atoms with Crippen LogP contribution in [0.2, 0.25) is 0 Å². The summed E-state index contributed by atoms with van der Waals surface area (Å²) in [6.07, 6.45) is 0.557. The predicted molar refractivity (Wildman–Crippen MR) is 171 cm³/mol. The van der Waals surface area contributed by atoms with Crippen LogP contribution < -0.4 is 10.6 Å². The zero-order valence-electron chi connectivity index (χ0n) is 25.3. The van der Waals surface area contributed by atoms with Gasteiger partial charge in [-0.15, -0.1) is 0 Å². The number of aliphatic hydroxyl groups excluding tert-OH is 1. The number of nitrogens with one attached hydrogen (secondary N) is 2. The number of aromatic nitrogens is 2. The van der Waals surface area contributed by atoms with Gasteiger partial charge in [0.2, 0.25) is 11.9 Å². The second-order valence-corrected chi connectivity index (χ2v) is 11.4. The topological polar surface area (TPSA) is 103 Å². The summed E-state index contributed by atoms with van der Waals surface area (Å²) in [6, 6.07) is 16.5. The number of carbonyl (C=O) groups is 1. The Morgan fingerprint density at radius 1 is 1.13 bits per heavy atom. The van der Waals surface area contributed by atoms with Gasteiger partial charge >= 0.3 is 6.18 Å². The Morgan fingerprint density at radius 3 is 2.60 bits per heavy atom. The lowest BCUT2D eigenvalue weighted by Crippen LogP contribution is -2.22. The molecule has 1 aromatic heterocycles. The maximum Gasteiger partial charge on any atom is 0.416 e. The molecule has 11 heteroatoms. The molecule has 2 atom stereocenters. The Labute approximate surface area is 259 Å². The largest absolute Gasteiger partial charge is 0.416 e. The van der Waals surface area contributed by atoms with Crippen LogP contribution in [-0.2, 0) is 11.0 Å². The van der Waals surface area contributed by atoms with E-state index < -0.39 is 29.7 Å². The van der Waals surface area contributed by atoms with E-state index in [1.165, 1.54) is 22.7 Å². The Morgan fingerprint density at radius 2 is 1.91 bits per heavy atom. The van der Waals surface area contributed by atoms with E-state index in [1.807, 2.05) is 43.3 Å². The van der Waals surface area contributed by atoms with Gasteiger partial charge in [-0.05, 0) is 92.1 Å². The molecule has 0 radical (unpaired) electrons. The Kier molecular flexibility index (Phi) is 9.19. The first kappa shape index (κ1) is 31.6. The van der Waals surface area contributed by atoms with Crippen LogP contribution in [0.25, 0.3) is 22.0 Å². The third-order valence-electron chi connectivity index (χ3n) is 7.62. The van der Waals surface area contributed by atoms with Gasteiger partial charge in [-0.1, -0.05) is 30.3 Å². The molecule has 0 aliphatic heterocycles. The molecule has 1 fully saturated rings. The Hall–Kier alpha value is -4.77. The normalized spacial score (nSPS) is 15.0. The number of benzene rings is 3. The maximum absolute atomic E-state index is 13.2. The minimum atomic E-state index is -4.48. The van der Waals surface area contributed by atoms with Crippen LogP contribution in [0.3, 0.4) is 0 Å². The first-order valence-corrected chi connectivity index (χ1v) is 14.7. The summed E-state index contributed by atoms with van der Waals surface area (Å²) in [5.41, 5.74) is 4.62. The Bertz CT molecular complexity index is 1750. The number of anilines is 2. The van der Waals surface area contributed by atoms with Crippen molar-refractivity contribution >= 4 is 35.2 Å². The molecule has 1 saturated carbocycles. The molecule has 1 aliphatic rings. The lowest BCUT2D eigenvalue weighted by molar-refractivity contribution is -0.137. The minimum Gasteiger partial charge on any atom is -0.391 e. The number of amides is 1. The second kappa shape index (κ2) is 13.1. The highest BCUT2D eigenvalue weighted by Crippen LogP contribution is 2.45. The van der Waals surface area contributed by atoms with Gasteiger partial charge < -0.3 is 15.7 Å². The summed E-state index contributed by atoms with van der Waals surface area (Å²) in [4.78, 5) is 22.2. The average Bonchev–Trinajstić information content (AvgIpc) is 3.85. The average molecular weight is 617 g/mol. The Balaban J connectivity index is 1.37. The number of rotatable bonds is 11. The predicted octanol–water partition coefficient (Wildman–Crippen LogP) is 7.51. The van der Waals surface area contributed by atoms with E-state index in [-0.39, 0.29) is 0 Å². The van der Waals surface area contributed by atoms with Gasteiger partial charge in [-0.3, -0.25) is 9.80 Å². The van der Waals surface area contributed by atoms with E-state index in [1.54, 1.807) is 26.2 Å². The first-order valence-electron chi connectivity index (χ1n) is 14.7. The van der Waals surface area contributed by atoms with Gasteiger partial charge in [-0.2, -0.15) is 18.3 Å². The highest BCUT2D eigenvalue weighted by molar-refractivity contribution is 5.96. The standard InChI is InChI=1S/C34H35F3N6O2/c1-20(18-43(38-4)19-21(2)44)40-33-39-17-26-14-25(10-13-31(26)42-33)30-16-28(11-12-29(30)23-8-9-23)41-32(45)22(3)24-6-5-7-27(15-24)34(35,36)37/h5-7,10-18,21-23,44H,4,8-9,19H2,1-3H3,(H,41,45)(H,39,40,42)/b20-18+. The molecule has 0 spiro atoms. The van der Waals surface area contributed by atoms with Crippen LogP contribution in [0.1, 0.15) is 62.1 Å². The van der Waals surface area contributed by atoms with Crippen molar-refractivity contribution in [3.63, 3.8) is 0 Å². The molecule has 234 valence electrons. The molecule has 45 heavy (non-hydrogen) atoms. The molecular formula is C34H35F3N6O2. The number of aliphatic hydroxyl groups is 1. The van der Waals surface area contributed by atoms with Crippen molar-refractivity contribution in [3.05, 3.63) is 95.4 Å². The van der Waals surface area contributed by atoms with Gasteiger partial charge in [0.25, 0.3) is 0 Å². The summed E-state index contributed by atoms with van der Waals surface area (Å²) in [7, 11) is 0. The molecule has 1 heterocycles. The lowest BCUT2D eigenvalue weighted by Gasteiger charge is -2.17. The van der Waals surface area contributed by atoms with Crippen LogP contribution in [-0.4, -0.2) is 45.4 Å². The SMILES string of the molecule is C=NN(/C=C(\C)Nc1ncc2cc(-c3cc(NC(=O)C(C)c4cccc(C(F)(F)F)c4)ccc3C3CC3)ccc2n1)CC(C)O. The zero-order chi connectivity index (χ0) is 32.3. The second-order valence-electron chi connectivity index (χ2n) is 11.4. The van der Waals surface area contributed by atoms with Gasteiger partial charge in [0.15, 0.2) is 0 Å². The van der Waals surface area contributed by atoms with Gasteiger partial charge in [0.05, 0.1) is 29.6 Å². The fourth-order valence-corrected chi connectivity index (χ4v) is 5.14. The maximum atomic E-state index is 13.2. The number of hydrogen-bond acceptors (Lipinski definition) is 7. The van der Waals surface area contributed by atoms with E-state index in [0.717, 1.165) is 47.0 Å². The van der Waals surface area contributed by atoms with Gasteiger partial charge in [0.1, 0.15) is 0 Å². The van der Waals surface area contributed by atoms with E-state index in [4.69, 9.17) is 0 Å². The summed E-state index contributed by atoms with van der Waals surface area (Å²) >= 11 is 0. The van der Waals surface area contributed by atoms with Crippen LogP contribution in [0.15, 0.2) is 83.9 Å². The third kappa shape index (κ3) is 7.85. The van der Waals surface area contributed by atoms with E-state index in [9.17, 15) is 23.1 Å². The summed E-state index contributed by atoms with van der Waals surface area (Å²) in [5, 5.41) is 21.9. The van der Waals surface area contributed by atoms with Crippen molar-refractivity contribution in [2.24, 2.45) is 5.10 Å². The summed E-state index contributed by atoms with van der Waals surface area (Å²) in [5.74, 6) is -0.343. The fourth-order valence-electron chi connectivity index (χ4n) is 5.14. The molecule has 0 saturated heterocycles. The number of carbonyl (C=O) groups excluding carboxylic acids is 1. The molecule has 3 aromatic carbocycles. The van der Waals surface area contributed by atoms with Crippen molar-refractivity contribution in [1.82, 2.24) is 15.0 Å². The summed E-state index contributed by atoms with van der Waals surface area (Å²) in [6.45, 7) is 8.92. The van der Waals surface area contributed by atoms with Gasteiger partial charge in [0, 0.05) is 35.9 Å². The molecule has 1 amide bonds. The zero-order valence-corrected chi connectivity index (χ0v) is 25.3. The van der Waals surface area contributed by atoms with Crippen LogP contribution >= 0.6 is 0 Å². The summed E-state index contributed by atoms with van der Waals surface area (Å²) < 4.78 is 39.7. The number of hydrazone groups is 1. The van der Waals surface area contributed by atoms with Crippen molar-refractivity contribution < 1.29 is 23.1 Å². The smallest absolute Gasteiger partial charge is 0.391 e. The fraction of sp³-hybridized carbons (Fsp3) is 0.294. The number of alkyl halides is 3. The molecule has 1 aliphatic carbocycles. The highest BCUT2D eigenvalue weighted by atomic mass is 19.4. The molecule has 8 nitrogen and oxygen atoms in total. The van der Waals surface area contributed by atoms with E-state index >= 15 is 0 Å². The first-order chi connectivity index (χ1) is 21.4. The molecule has 3 N–H and O–H groups in total. The molecule has 0 bridgehead atoms. The number of allylic oxidation sites excluding steroid dienone is 1. The van der Waals surface area contributed by atoms with Crippen molar-refractivity contribution in [2.45, 2.75) is 57.7 Å². The monoisotopic (exact) mass is 616 g/mol. The molecule has 2 unspecified atom stereocenters.